The van der Waals surface area contributed by atoms with Crippen molar-refractivity contribution in [2.24, 2.45) is 0 Å². The Labute approximate surface area is 173 Å². The van der Waals surface area contributed by atoms with Crippen LogP contribution < -0.4 is 4.90 Å². The van der Waals surface area contributed by atoms with Crippen LogP contribution in [0.5, 0.6) is 0 Å². The Kier molecular flexibility index (Phi) is 5.16. The number of nitrogens with zero attached hydrogens (tertiary/aromatic N) is 2. The van der Waals surface area contributed by atoms with E-state index in [0.29, 0.717) is 22.3 Å². The maximum absolute atomic E-state index is 13.4. The molecule has 0 atom stereocenters. The summed E-state index contributed by atoms with van der Waals surface area (Å²) in [5.74, 6) is -0.0633. The van der Waals surface area contributed by atoms with E-state index >= 15 is 0 Å². The number of hydrogen-bond acceptors (Lipinski definition) is 3. The summed E-state index contributed by atoms with van der Waals surface area (Å²) in [4.78, 5) is 19.9. The zero-order chi connectivity index (χ0) is 19.7. The van der Waals surface area contributed by atoms with Gasteiger partial charge in [0.2, 0.25) is 0 Å². The van der Waals surface area contributed by atoms with Gasteiger partial charge in [0, 0.05) is 10.6 Å². The summed E-state index contributed by atoms with van der Waals surface area (Å²) in [5, 5.41) is 1.36. The highest BCUT2D eigenvalue weighted by atomic mass is 35.5. The van der Waals surface area contributed by atoms with Crippen LogP contribution in [-0.4, -0.2) is 10.9 Å². The van der Waals surface area contributed by atoms with Crippen molar-refractivity contribution < 1.29 is 4.79 Å². The normalized spacial score (nSPS) is 11.0. The zero-order valence-corrected chi connectivity index (χ0v) is 17.2. The van der Waals surface area contributed by atoms with Gasteiger partial charge in [-0.15, -0.1) is 0 Å². The molecular formula is C23H19ClN2OS. The molecule has 0 aliphatic rings. The number of aromatic nitrogens is 1. The second-order valence-electron chi connectivity index (χ2n) is 6.76. The van der Waals surface area contributed by atoms with Crippen LogP contribution in [0.1, 0.15) is 27.0 Å². The van der Waals surface area contributed by atoms with Crippen molar-refractivity contribution in [3.8, 4) is 0 Å². The third-order valence-electron chi connectivity index (χ3n) is 4.69. The number of fused-ring (bicyclic) bond motifs is 1. The Bertz CT molecular complexity index is 1140. The summed E-state index contributed by atoms with van der Waals surface area (Å²) in [6.45, 7) is 4.42. The van der Waals surface area contributed by atoms with Crippen LogP contribution in [0.4, 0.5) is 5.13 Å². The molecule has 1 aromatic heterocycles. The molecule has 0 aliphatic heterocycles. The molecule has 3 nitrogen and oxygen atoms in total. The summed E-state index contributed by atoms with van der Waals surface area (Å²) in [7, 11) is 0. The van der Waals surface area contributed by atoms with Gasteiger partial charge in [0.05, 0.1) is 16.8 Å². The summed E-state index contributed by atoms with van der Waals surface area (Å²) in [5.41, 5.74) is 4.61. The van der Waals surface area contributed by atoms with Crippen molar-refractivity contribution >= 4 is 44.2 Å². The Hall–Kier alpha value is -2.69. The van der Waals surface area contributed by atoms with Gasteiger partial charge in [-0.25, -0.2) is 4.98 Å². The maximum Gasteiger partial charge on any atom is 0.260 e. The largest absolute Gasteiger partial charge is 0.279 e. The highest BCUT2D eigenvalue weighted by Crippen LogP contribution is 2.34. The average Bonchev–Trinajstić information content (AvgIpc) is 3.15. The molecule has 4 rings (SSSR count). The van der Waals surface area contributed by atoms with E-state index in [1.54, 1.807) is 4.90 Å². The molecule has 3 aromatic carbocycles. The lowest BCUT2D eigenvalue weighted by Gasteiger charge is -2.20. The summed E-state index contributed by atoms with van der Waals surface area (Å²) in [6, 6.07) is 21.4. The number of hydrogen-bond donors (Lipinski definition) is 0. The lowest BCUT2D eigenvalue weighted by atomic mass is 10.1. The van der Waals surface area contributed by atoms with E-state index in [0.717, 1.165) is 26.9 Å². The molecule has 140 valence electrons. The highest BCUT2D eigenvalue weighted by Gasteiger charge is 2.22. The van der Waals surface area contributed by atoms with E-state index in [9.17, 15) is 4.79 Å². The molecule has 0 spiro atoms. The molecule has 0 aliphatic carbocycles. The monoisotopic (exact) mass is 406 g/mol. The van der Waals surface area contributed by atoms with Crippen LogP contribution >= 0.6 is 22.9 Å². The van der Waals surface area contributed by atoms with Crippen LogP contribution in [0.25, 0.3) is 10.2 Å². The predicted molar refractivity (Wildman–Crippen MR) is 118 cm³/mol. The first-order valence-electron chi connectivity index (χ1n) is 9.01. The van der Waals surface area contributed by atoms with Crippen LogP contribution in [0.3, 0.4) is 0 Å². The molecule has 0 saturated carbocycles. The first kappa shape index (κ1) is 18.7. The molecule has 1 heterocycles. The number of carbonyl (C=O) groups excluding carboxylic acids is 1. The number of thiazole rings is 1. The molecule has 0 N–H and O–H groups in total. The first-order chi connectivity index (χ1) is 13.5. The molecule has 0 unspecified atom stereocenters. The van der Waals surface area contributed by atoms with Crippen molar-refractivity contribution in [3.63, 3.8) is 0 Å². The average molecular weight is 407 g/mol. The van der Waals surface area contributed by atoms with Crippen molar-refractivity contribution in [3.05, 3.63) is 94.0 Å². The van der Waals surface area contributed by atoms with E-state index in [2.05, 4.69) is 0 Å². The van der Waals surface area contributed by atoms with Crippen molar-refractivity contribution in [1.29, 1.82) is 0 Å². The van der Waals surface area contributed by atoms with Gasteiger partial charge in [-0.1, -0.05) is 71.0 Å². The molecule has 0 radical (unpaired) electrons. The van der Waals surface area contributed by atoms with Gasteiger partial charge in [0.1, 0.15) is 0 Å². The number of amides is 1. The van der Waals surface area contributed by atoms with Crippen molar-refractivity contribution in [1.82, 2.24) is 4.98 Å². The summed E-state index contributed by atoms with van der Waals surface area (Å²) >= 11 is 7.77. The Balaban J connectivity index is 1.79. The van der Waals surface area contributed by atoms with Crippen molar-refractivity contribution in [2.45, 2.75) is 20.4 Å². The summed E-state index contributed by atoms with van der Waals surface area (Å²) < 4.78 is 1.02. The lowest BCUT2D eigenvalue weighted by Crippen LogP contribution is -2.30. The minimum absolute atomic E-state index is 0.0633. The minimum Gasteiger partial charge on any atom is -0.279 e. The number of rotatable bonds is 4. The van der Waals surface area contributed by atoms with Crippen molar-refractivity contribution in [2.75, 3.05) is 4.90 Å². The van der Waals surface area contributed by atoms with Gasteiger partial charge in [-0.3, -0.25) is 9.69 Å². The fourth-order valence-corrected chi connectivity index (χ4v) is 4.22. The fraction of sp³-hybridized carbons (Fsp3) is 0.130. The highest BCUT2D eigenvalue weighted by molar-refractivity contribution is 7.22. The Morgan fingerprint density at radius 3 is 2.43 bits per heavy atom. The number of anilines is 1. The number of benzene rings is 3. The van der Waals surface area contributed by atoms with E-state index in [4.69, 9.17) is 16.6 Å². The van der Waals surface area contributed by atoms with Gasteiger partial charge in [0.15, 0.2) is 5.13 Å². The predicted octanol–water partition coefficient (Wildman–Crippen LogP) is 6.41. The van der Waals surface area contributed by atoms with E-state index in [-0.39, 0.29) is 5.91 Å². The third kappa shape index (κ3) is 3.66. The van der Waals surface area contributed by atoms with Crippen LogP contribution in [0.15, 0.2) is 66.7 Å². The van der Waals surface area contributed by atoms with Gasteiger partial charge in [0.25, 0.3) is 5.91 Å². The smallest absolute Gasteiger partial charge is 0.260 e. The van der Waals surface area contributed by atoms with Crippen LogP contribution in [-0.2, 0) is 6.54 Å². The standard InChI is InChI=1S/C23H19ClN2OS/c1-15-8-10-18(11-9-15)22(27)26(14-17-6-4-3-5-7-17)23-25-21-16(2)19(24)12-13-20(21)28-23/h3-13H,14H2,1-2H3. The quantitative estimate of drug-likeness (QED) is 0.392. The first-order valence-corrected chi connectivity index (χ1v) is 10.2. The Morgan fingerprint density at radius 1 is 1.00 bits per heavy atom. The third-order valence-corrected chi connectivity index (χ3v) is 6.15. The Morgan fingerprint density at radius 2 is 1.71 bits per heavy atom. The lowest BCUT2D eigenvalue weighted by molar-refractivity contribution is 0.0985. The topological polar surface area (TPSA) is 33.2 Å². The van der Waals surface area contributed by atoms with Crippen LogP contribution in [0, 0.1) is 13.8 Å². The zero-order valence-electron chi connectivity index (χ0n) is 15.6. The molecular weight excluding hydrogens is 388 g/mol. The molecule has 0 fully saturated rings. The molecule has 5 heteroatoms. The minimum atomic E-state index is -0.0633. The van der Waals surface area contributed by atoms with Gasteiger partial charge >= 0.3 is 0 Å². The van der Waals surface area contributed by atoms with Gasteiger partial charge in [-0.2, -0.15) is 0 Å². The number of carbonyl (C=O) groups is 1. The maximum atomic E-state index is 13.4. The second-order valence-corrected chi connectivity index (χ2v) is 8.17. The molecule has 0 saturated heterocycles. The van der Waals surface area contributed by atoms with E-state index < -0.39 is 0 Å². The molecule has 0 bridgehead atoms. The summed E-state index contributed by atoms with van der Waals surface area (Å²) in [6.07, 6.45) is 0. The van der Waals surface area contributed by atoms with Gasteiger partial charge in [-0.05, 0) is 49.2 Å². The second kappa shape index (κ2) is 7.74. The SMILES string of the molecule is Cc1ccc(C(=O)N(Cc2ccccc2)c2nc3c(C)c(Cl)ccc3s2)cc1. The van der Waals surface area contributed by atoms with E-state index in [1.165, 1.54) is 11.3 Å². The molecule has 1 amide bonds. The van der Waals surface area contributed by atoms with E-state index in [1.807, 2.05) is 80.6 Å². The number of aryl methyl sites for hydroxylation is 2. The number of halogens is 1. The fourth-order valence-electron chi connectivity index (χ4n) is 3.05. The van der Waals surface area contributed by atoms with Crippen LogP contribution in [0.2, 0.25) is 5.02 Å². The molecule has 28 heavy (non-hydrogen) atoms. The van der Waals surface area contributed by atoms with Gasteiger partial charge < -0.3 is 0 Å². The molecule has 4 aromatic rings.